The summed E-state index contributed by atoms with van der Waals surface area (Å²) in [6.45, 7) is 1.32. The minimum Gasteiger partial charge on any atom is -0.370 e. The fraction of sp³-hybridized carbons (Fsp3) is 0.368. The molecule has 0 aliphatic carbocycles. The predicted octanol–water partition coefficient (Wildman–Crippen LogP) is 2.93. The van der Waals surface area contributed by atoms with Gasteiger partial charge in [-0.05, 0) is 55.1 Å². The smallest absolute Gasteiger partial charge is 0.241 e. The summed E-state index contributed by atoms with van der Waals surface area (Å²) < 4.78 is 13.2. The van der Waals surface area contributed by atoms with Crippen LogP contribution in [0.25, 0.3) is 0 Å². The van der Waals surface area contributed by atoms with Crippen LogP contribution in [0, 0.1) is 5.82 Å². The number of halogens is 1. The quantitative estimate of drug-likeness (QED) is 0.809. The van der Waals surface area contributed by atoms with Crippen molar-refractivity contribution in [2.45, 2.75) is 25.3 Å². The zero-order valence-electron chi connectivity index (χ0n) is 14.4. The molecule has 0 unspecified atom stereocenters. The first-order valence-corrected chi connectivity index (χ1v) is 9.54. The van der Waals surface area contributed by atoms with Crippen LogP contribution in [0.15, 0.2) is 41.8 Å². The van der Waals surface area contributed by atoms with Gasteiger partial charge in [-0.3, -0.25) is 14.5 Å². The van der Waals surface area contributed by atoms with Crippen molar-refractivity contribution < 1.29 is 14.0 Å². The van der Waals surface area contributed by atoms with Gasteiger partial charge in [-0.1, -0.05) is 6.07 Å². The molecule has 0 spiro atoms. The maximum atomic E-state index is 13.2. The fourth-order valence-corrected chi connectivity index (χ4v) is 4.21. The van der Waals surface area contributed by atoms with Crippen molar-refractivity contribution in [3.8, 4) is 0 Å². The molecule has 5 nitrogen and oxygen atoms in total. The fourth-order valence-electron chi connectivity index (χ4n) is 3.32. The summed E-state index contributed by atoms with van der Waals surface area (Å²) in [7, 11) is 0. The van der Waals surface area contributed by atoms with Gasteiger partial charge in [0.1, 0.15) is 5.82 Å². The molecule has 2 N–H and O–H groups in total. The molecule has 0 saturated carbocycles. The highest BCUT2D eigenvalue weighted by atomic mass is 32.1. The molecule has 26 heavy (non-hydrogen) atoms. The summed E-state index contributed by atoms with van der Waals surface area (Å²) in [5.41, 5.74) is 5.82. The number of benzene rings is 1. The standard InChI is InChI=1S/C19H22FN3O2S/c20-14-5-7-15(8-6-14)23(11-9-18(21)24)19(25)13-22-10-1-3-16(22)17-4-2-12-26-17/h2,4-8,12,16H,1,3,9-11,13H2,(H2,21,24)/t16-/m0/s1. The summed E-state index contributed by atoms with van der Waals surface area (Å²) >= 11 is 1.70. The number of carbonyl (C=O) groups is 2. The Morgan fingerprint density at radius 3 is 2.69 bits per heavy atom. The maximum absolute atomic E-state index is 13.2. The van der Waals surface area contributed by atoms with Crippen LogP contribution >= 0.6 is 11.3 Å². The summed E-state index contributed by atoms with van der Waals surface area (Å²) in [4.78, 5) is 29.1. The molecule has 2 aromatic rings. The second-order valence-electron chi connectivity index (χ2n) is 6.38. The molecule has 1 saturated heterocycles. The van der Waals surface area contributed by atoms with E-state index >= 15 is 0 Å². The van der Waals surface area contributed by atoms with E-state index in [0.717, 1.165) is 19.4 Å². The van der Waals surface area contributed by atoms with Crippen LogP contribution in [0.4, 0.5) is 10.1 Å². The van der Waals surface area contributed by atoms with Crippen LogP contribution in [0.2, 0.25) is 0 Å². The third kappa shape index (κ3) is 4.47. The van der Waals surface area contributed by atoms with Gasteiger partial charge in [0.2, 0.25) is 11.8 Å². The number of thiophene rings is 1. The molecule has 1 aromatic heterocycles. The number of carbonyl (C=O) groups excluding carboxylic acids is 2. The molecular weight excluding hydrogens is 353 g/mol. The monoisotopic (exact) mass is 375 g/mol. The lowest BCUT2D eigenvalue weighted by Gasteiger charge is -2.28. The largest absolute Gasteiger partial charge is 0.370 e. The number of likely N-dealkylation sites (tertiary alicyclic amines) is 1. The zero-order chi connectivity index (χ0) is 18.5. The lowest BCUT2D eigenvalue weighted by molar-refractivity contribution is -0.120. The Morgan fingerprint density at radius 2 is 2.04 bits per heavy atom. The zero-order valence-corrected chi connectivity index (χ0v) is 15.3. The Balaban J connectivity index is 1.74. The van der Waals surface area contributed by atoms with E-state index in [-0.39, 0.29) is 37.3 Å². The number of hydrogen-bond acceptors (Lipinski definition) is 4. The molecule has 2 amide bonds. The van der Waals surface area contributed by atoms with Crippen LogP contribution in [0.1, 0.15) is 30.2 Å². The second kappa shape index (κ2) is 8.42. The first-order valence-electron chi connectivity index (χ1n) is 8.66. The highest BCUT2D eigenvalue weighted by molar-refractivity contribution is 7.10. The normalized spacial score (nSPS) is 17.3. The first kappa shape index (κ1) is 18.5. The Hall–Kier alpha value is -2.25. The van der Waals surface area contributed by atoms with Crippen molar-refractivity contribution in [1.82, 2.24) is 4.90 Å². The van der Waals surface area contributed by atoms with Gasteiger partial charge in [-0.15, -0.1) is 11.3 Å². The molecule has 1 aromatic carbocycles. The van der Waals surface area contributed by atoms with Crippen LogP contribution in [0.3, 0.4) is 0 Å². The van der Waals surface area contributed by atoms with E-state index in [1.807, 2.05) is 11.4 Å². The van der Waals surface area contributed by atoms with Crippen molar-refractivity contribution in [2.75, 3.05) is 24.5 Å². The molecule has 0 bridgehead atoms. The number of amides is 2. The van der Waals surface area contributed by atoms with Gasteiger partial charge in [0.15, 0.2) is 0 Å². The summed E-state index contributed by atoms with van der Waals surface area (Å²) in [6.07, 6.45) is 2.15. The van der Waals surface area contributed by atoms with Gasteiger partial charge >= 0.3 is 0 Å². The maximum Gasteiger partial charge on any atom is 0.241 e. The van der Waals surface area contributed by atoms with Crippen molar-refractivity contribution in [1.29, 1.82) is 0 Å². The number of anilines is 1. The Bertz CT molecular complexity index is 749. The molecule has 138 valence electrons. The average molecular weight is 375 g/mol. The molecule has 1 aliphatic rings. The van der Waals surface area contributed by atoms with Gasteiger partial charge in [-0.25, -0.2) is 4.39 Å². The van der Waals surface area contributed by atoms with E-state index in [4.69, 9.17) is 5.73 Å². The van der Waals surface area contributed by atoms with Crippen LogP contribution in [0.5, 0.6) is 0 Å². The summed E-state index contributed by atoms with van der Waals surface area (Å²) in [5, 5.41) is 2.05. The molecule has 1 atom stereocenters. The van der Waals surface area contributed by atoms with E-state index < -0.39 is 5.91 Å². The minimum absolute atomic E-state index is 0.0669. The van der Waals surface area contributed by atoms with E-state index in [0.29, 0.717) is 5.69 Å². The predicted molar refractivity (Wildman–Crippen MR) is 100 cm³/mol. The summed E-state index contributed by atoms with van der Waals surface area (Å²) in [6, 6.07) is 10.1. The van der Waals surface area contributed by atoms with Gasteiger partial charge in [0.25, 0.3) is 0 Å². The van der Waals surface area contributed by atoms with Gasteiger partial charge in [0, 0.05) is 29.6 Å². The van der Waals surface area contributed by atoms with Crippen molar-refractivity contribution in [3.05, 3.63) is 52.5 Å². The molecule has 0 radical (unpaired) electrons. The van der Waals surface area contributed by atoms with Crippen molar-refractivity contribution in [2.24, 2.45) is 5.73 Å². The number of primary amides is 1. The van der Waals surface area contributed by atoms with E-state index in [1.165, 1.54) is 21.9 Å². The molecule has 2 heterocycles. The summed E-state index contributed by atoms with van der Waals surface area (Å²) in [5.74, 6) is -0.947. The van der Waals surface area contributed by atoms with Crippen LogP contribution in [-0.2, 0) is 9.59 Å². The lowest BCUT2D eigenvalue weighted by atomic mass is 10.2. The van der Waals surface area contributed by atoms with Crippen molar-refractivity contribution in [3.63, 3.8) is 0 Å². The molecule has 1 fully saturated rings. The molecule has 3 rings (SSSR count). The third-order valence-electron chi connectivity index (χ3n) is 4.59. The average Bonchev–Trinajstić information content (AvgIpc) is 3.27. The van der Waals surface area contributed by atoms with E-state index in [2.05, 4.69) is 11.0 Å². The SMILES string of the molecule is NC(=O)CCN(C(=O)CN1CCC[C@H]1c1cccs1)c1ccc(F)cc1. The molecular formula is C19H22FN3O2S. The number of rotatable bonds is 7. The third-order valence-corrected chi connectivity index (χ3v) is 5.57. The highest BCUT2D eigenvalue weighted by Crippen LogP contribution is 2.34. The molecule has 7 heteroatoms. The number of nitrogens with two attached hydrogens (primary N) is 1. The van der Waals surface area contributed by atoms with Gasteiger partial charge < -0.3 is 10.6 Å². The first-order chi connectivity index (χ1) is 12.5. The van der Waals surface area contributed by atoms with Crippen LogP contribution < -0.4 is 10.6 Å². The molecule has 1 aliphatic heterocycles. The van der Waals surface area contributed by atoms with Crippen LogP contribution in [-0.4, -0.2) is 36.3 Å². The van der Waals surface area contributed by atoms with E-state index in [9.17, 15) is 14.0 Å². The number of nitrogens with zero attached hydrogens (tertiary/aromatic N) is 2. The topological polar surface area (TPSA) is 66.6 Å². The lowest BCUT2D eigenvalue weighted by Crippen LogP contribution is -2.41. The van der Waals surface area contributed by atoms with Gasteiger partial charge in [0.05, 0.1) is 6.54 Å². The van der Waals surface area contributed by atoms with Crippen molar-refractivity contribution >= 4 is 28.8 Å². The van der Waals surface area contributed by atoms with E-state index in [1.54, 1.807) is 23.5 Å². The van der Waals surface area contributed by atoms with Gasteiger partial charge in [-0.2, -0.15) is 0 Å². The Labute approximate surface area is 156 Å². The minimum atomic E-state index is -0.470. The highest BCUT2D eigenvalue weighted by Gasteiger charge is 2.30. The number of hydrogen-bond donors (Lipinski definition) is 1. The Morgan fingerprint density at radius 1 is 1.27 bits per heavy atom. The second-order valence-corrected chi connectivity index (χ2v) is 7.36. The Kier molecular flexibility index (Phi) is 6.00.